The summed E-state index contributed by atoms with van der Waals surface area (Å²) in [4.78, 5) is 14.9. The molecule has 0 saturated carbocycles. The average Bonchev–Trinajstić information content (AvgIpc) is 3.16. The molecular weight excluding hydrogens is 449 g/mol. The SMILES string of the molecule is COc1c(C(=O)N2CCC(CCCS(=O)(=O)O)C2)cccc1-c1ccc(Cl)c(Cl)c1. The van der Waals surface area contributed by atoms with Crippen LogP contribution in [0.15, 0.2) is 36.4 Å². The topological polar surface area (TPSA) is 83.9 Å². The largest absolute Gasteiger partial charge is 0.495 e. The number of carbonyl (C=O) groups excluding carboxylic acids is 1. The summed E-state index contributed by atoms with van der Waals surface area (Å²) in [5, 5.41) is 0.865. The highest BCUT2D eigenvalue weighted by molar-refractivity contribution is 7.85. The van der Waals surface area contributed by atoms with Crippen LogP contribution in [0.25, 0.3) is 11.1 Å². The normalized spacial score (nSPS) is 16.7. The van der Waals surface area contributed by atoms with Gasteiger partial charge >= 0.3 is 0 Å². The third-order valence-electron chi connectivity index (χ3n) is 5.27. The maximum absolute atomic E-state index is 13.2. The van der Waals surface area contributed by atoms with Gasteiger partial charge in [-0.2, -0.15) is 8.42 Å². The smallest absolute Gasteiger partial charge is 0.264 e. The zero-order valence-electron chi connectivity index (χ0n) is 16.5. The number of hydrogen-bond donors (Lipinski definition) is 1. The van der Waals surface area contributed by atoms with Gasteiger partial charge in [0.1, 0.15) is 5.75 Å². The monoisotopic (exact) mass is 471 g/mol. The zero-order chi connectivity index (χ0) is 21.9. The van der Waals surface area contributed by atoms with Gasteiger partial charge in [0.15, 0.2) is 0 Å². The molecule has 1 saturated heterocycles. The first-order chi connectivity index (χ1) is 14.2. The van der Waals surface area contributed by atoms with E-state index in [-0.39, 0.29) is 17.6 Å². The molecule has 162 valence electrons. The lowest BCUT2D eigenvalue weighted by atomic mass is 10.0. The molecule has 3 rings (SSSR count). The summed E-state index contributed by atoms with van der Waals surface area (Å²) in [7, 11) is -2.43. The Morgan fingerprint density at radius 2 is 2.00 bits per heavy atom. The van der Waals surface area contributed by atoms with E-state index in [4.69, 9.17) is 32.5 Å². The van der Waals surface area contributed by atoms with Crippen molar-refractivity contribution in [2.24, 2.45) is 5.92 Å². The number of methoxy groups -OCH3 is 1. The van der Waals surface area contributed by atoms with E-state index >= 15 is 0 Å². The molecule has 6 nitrogen and oxygen atoms in total. The first-order valence-corrected chi connectivity index (χ1v) is 11.9. The lowest BCUT2D eigenvalue weighted by Crippen LogP contribution is -2.29. The molecule has 30 heavy (non-hydrogen) atoms. The van der Waals surface area contributed by atoms with Gasteiger partial charge in [-0.3, -0.25) is 9.35 Å². The van der Waals surface area contributed by atoms with Gasteiger partial charge in [-0.15, -0.1) is 0 Å². The van der Waals surface area contributed by atoms with Gasteiger partial charge < -0.3 is 9.64 Å². The van der Waals surface area contributed by atoms with Crippen LogP contribution in [-0.2, 0) is 10.1 Å². The molecule has 1 fully saturated rings. The number of ether oxygens (including phenoxy) is 1. The molecule has 0 spiro atoms. The number of nitrogens with zero attached hydrogens (tertiary/aromatic N) is 1. The Morgan fingerprint density at radius 1 is 1.23 bits per heavy atom. The number of hydrogen-bond acceptors (Lipinski definition) is 4. The van der Waals surface area contributed by atoms with Crippen molar-refractivity contribution < 1.29 is 22.5 Å². The number of para-hydroxylation sites is 1. The molecule has 0 radical (unpaired) electrons. The minimum absolute atomic E-state index is 0.133. The third kappa shape index (κ3) is 5.46. The van der Waals surface area contributed by atoms with Gasteiger partial charge in [0.25, 0.3) is 16.0 Å². The molecule has 1 aliphatic heterocycles. The van der Waals surface area contributed by atoms with Crippen molar-refractivity contribution in [2.45, 2.75) is 19.3 Å². The summed E-state index contributed by atoms with van der Waals surface area (Å²) in [6, 6.07) is 10.6. The van der Waals surface area contributed by atoms with Gasteiger partial charge in [-0.1, -0.05) is 41.4 Å². The van der Waals surface area contributed by atoms with Crippen LogP contribution < -0.4 is 4.74 Å². The highest BCUT2D eigenvalue weighted by Crippen LogP contribution is 2.37. The standard InChI is InChI=1S/C21H23Cl2NO5S/c1-29-20-16(15-7-8-18(22)19(23)12-15)5-2-6-17(20)21(25)24-10-9-14(13-24)4-3-11-30(26,27)28/h2,5-8,12,14H,3-4,9-11,13H2,1H3,(H,26,27,28). The van der Waals surface area contributed by atoms with Crippen LogP contribution in [0.3, 0.4) is 0 Å². The van der Waals surface area contributed by atoms with Crippen LogP contribution in [0.2, 0.25) is 10.0 Å². The highest BCUT2D eigenvalue weighted by Gasteiger charge is 2.29. The fourth-order valence-electron chi connectivity index (χ4n) is 3.79. The van der Waals surface area contributed by atoms with Crippen LogP contribution in [0.4, 0.5) is 0 Å². The van der Waals surface area contributed by atoms with Crippen LogP contribution in [0.1, 0.15) is 29.6 Å². The van der Waals surface area contributed by atoms with E-state index in [1.165, 1.54) is 7.11 Å². The second-order valence-corrected chi connectivity index (χ2v) is 9.74. The molecule has 1 amide bonds. The zero-order valence-corrected chi connectivity index (χ0v) is 18.8. The maximum Gasteiger partial charge on any atom is 0.264 e. The number of rotatable bonds is 7. The Hall–Kier alpha value is -1.80. The van der Waals surface area contributed by atoms with Crippen molar-refractivity contribution in [1.29, 1.82) is 0 Å². The number of amides is 1. The van der Waals surface area contributed by atoms with Crippen molar-refractivity contribution in [2.75, 3.05) is 26.0 Å². The lowest BCUT2D eigenvalue weighted by Gasteiger charge is -2.20. The van der Waals surface area contributed by atoms with Crippen LogP contribution in [0, 0.1) is 5.92 Å². The Bertz CT molecular complexity index is 1040. The summed E-state index contributed by atoms with van der Waals surface area (Å²) in [5.74, 6) is 0.290. The summed E-state index contributed by atoms with van der Waals surface area (Å²) in [6.45, 7) is 1.14. The molecule has 2 aromatic carbocycles. The molecule has 2 aromatic rings. The molecule has 1 aliphatic rings. The Labute approximate surface area is 186 Å². The van der Waals surface area contributed by atoms with Crippen molar-refractivity contribution in [3.63, 3.8) is 0 Å². The van der Waals surface area contributed by atoms with Crippen molar-refractivity contribution >= 4 is 39.2 Å². The Morgan fingerprint density at radius 3 is 2.67 bits per heavy atom. The predicted octanol–water partition coefficient (Wildman–Crippen LogP) is 4.80. The second-order valence-electron chi connectivity index (χ2n) is 7.35. The summed E-state index contributed by atoms with van der Waals surface area (Å²) < 4.78 is 36.2. The van der Waals surface area contributed by atoms with Crippen molar-refractivity contribution in [3.05, 3.63) is 52.0 Å². The van der Waals surface area contributed by atoms with E-state index in [9.17, 15) is 13.2 Å². The number of benzene rings is 2. The summed E-state index contributed by atoms with van der Waals surface area (Å²) in [6.07, 6.45) is 1.82. The molecule has 1 heterocycles. The molecule has 1 N–H and O–H groups in total. The van der Waals surface area contributed by atoms with Gasteiger partial charge in [0.05, 0.1) is 28.5 Å². The van der Waals surface area contributed by atoms with E-state index in [2.05, 4.69) is 0 Å². The molecule has 9 heteroatoms. The predicted molar refractivity (Wildman–Crippen MR) is 118 cm³/mol. The number of halogens is 2. The minimum Gasteiger partial charge on any atom is -0.495 e. The fourth-order valence-corrected chi connectivity index (χ4v) is 4.62. The van der Waals surface area contributed by atoms with Gasteiger partial charge in [0.2, 0.25) is 0 Å². The van der Waals surface area contributed by atoms with E-state index in [0.717, 1.165) is 17.5 Å². The van der Waals surface area contributed by atoms with Gasteiger partial charge in [-0.05, 0) is 48.9 Å². The lowest BCUT2D eigenvalue weighted by molar-refractivity contribution is 0.0783. The van der Waals surface area contributed by atoms with E-state index in [1.807, 2.05) is 12.1 Å². The van der Waals surface area contributed by atoms with Gasteiger partial charge in [-0.25, -0.2) is 0 Å². The molecule has 1 unspecified atom stereocenters. The van der Waals surface area contributed by atoms with Crippen LogP contribution in [0.5, 0.6) is 5.75 Å². The Balaban J connectivity index is 1.77. The highest BCUT2D eigenvalue weighted by atomic mass is 35.5. The number of likely N-dealkylation sites (tertiary alicyclic amines) is 1. The van der Waals surface area contributed by atoms with Crippen LogP contribution in [-0.4, -0.2) is 49.7 Å². The van der Waals surface area contributed by atoms with E-state index in [1.54, 1.807) is 29.2 Å². The molecule has 0 bridgehead atoms. The average molecular weight is 472 g/mol. The van der Waals surface area contributed by atoms with Crippen LogP contribution >= 0.6 is 23.2 Å². The molecule has 0 aliphatic carbocycles. The quantitative estimate of drug-likeness (QED) is 0.586. The van der Waals surface area contributed by atoms with Gasteiger partial charge in [0, 0.05) is 18.7 Å². The van der Waals surface area contributed by atoms with E-state index < -0.39 is 10.1 Å². The minimum atomic E-state index is -3.95. The summed E-state index contributed by atoms with van der Waals surface area (Å²) >= 11 is 12.2. The first-order valence-electron chi connectivity index (χ1n) is 9.56. The molecule has 0 aromatic heterocycles. The first kappa shape index (κ1) is 22.9. The summed E-state index contributed by atoms with van der Waals surface area (Å²) in [5.41, 5.74) is 1.99. The number of carbonyl (C=O) groups is 1. The fraction of sp³-hybridized carbons (Fsp3) is 0.381. The third-order valence-corrected chi connectivity index (χ3v) is 6.81. The van der Waals surface area contributed by atoms with Crippen molar-refractivity contribution in [1.82, 2.24) is 4.90 Å². The van der Waals surface area contributed by atoms with E-state index in [0.29, 0.717) is 47.3 Å². The Kier molecular flexibility index (Phi) is 7.29. The maximum atomic E-state index is 13.2. The second kappa shape index (κ2) is 9.56. The molecular formula is C21H23Cl2NO5S. The van der Waals surface area contributed by atoms with Crippen molar-refractivity contribution in [3.8, 4) is 16.9 Å². The molecule has 1 atom stereocenters.